The number of nitrogen functional groups attached to an aromatic ring is 1. The summed E-state index contributed by atoms with van der Waals surface area (Å²) in [7, 11) is 3.11. The highest BCUT2D eigenvalue weighted by Gasteiger charge is 2.19. The van der Waals surface area contributed by atoms with Crippen molar-refractivity contribution in [3.05, 3.63) is 52.4 Å². The molecule has 3 N–H and O–H groups in total. The van der Waals surface area contributed by atoms with Gasteiger partial charge >= 0.3 is 0 Å². The van der Waals surface area contributed by atoms with Crippen LogP contribution in [-0.4, -0.2) is 25.1 Å². The van der Waals surface area contributed by atoms with Crippen molar-refractivity contribution in [2.24, 2.45) is 0 Å². The number of aryl methyl sites for hydroxylation is 2. The molecule has 0 aliphatic carbocycles. The number of fused-ring (bicyclic) bond motifs is 2. The molecule has 1 amide bonds. The van der Waals surface area contributed by atoms with E-state index in [0.717, 1.165) is 21.1 Å². The van der Waals surface area contributed by atoms with Crippen LogP contribution in [0.15, 0.2) is 36.4 Å². The van der Waals surface area contributed by atoms with Crippen LogP contribution in [0.3, 0.4) is 0 Å². The minimum atomic E-state index is -0.312. The molecular weight excluding hydrogens is 386 g/mol. The van der Waals surface area contributed by atoms with Gasteiger partial charge in [0.25, 0.3) is 5.91 Å². The zero-order valence-electron chi connectivity index (χ0n) is 16.6. The molecule has 4 aromatic rings. The van der Waals surface area contributed by atoms with E-state index in [1.165, 1.54) is 22.5 Å². The van der Waals surface area contributed by atoms with Crippen LogP contribution >= 0.6 is 11.3 Å². The van der Waals surface area contributed by atoms with E-state index in [2.05, 4.69) is 31.3 Å². The molecule has 0 unspecified atom stereocenters. The van der Waals surface area contributed by atoms with Gasteiger partial charge in [-0.05, 0) is 55.3 Å². The van der Waals surface area contributed by atoms with Crippen molar-refractivity contribution in [3.63, 3.8) is 0 Å². The zero-order chi connectivity index (χ0) is 20.7. The number of amides is 1. The van der Waals surface area contributed by atoms with E-state index in [4.69, 9.17) is 20.2 Å². The Hall–Kier alpha value is -3.32. The predicted octanol–water partition coefficient (Wildman–Crippen LogP) is 4.92. The molecule has 2 aromatic heterocycles. The van der Waals surface area contributed by atoms with Gasteiger partial charge in [-0.15, -0.1) is 11.3 Å². The summed E-state index contributed by atoms with van der Waals surface area (Å²) in [6.07, 6.45) is 0. The summed E-state index contributed by atoms with van der Waals surface area (Å²) >= 11 is 1.28. The van der Waals surface area contributed by atoms with Gasteiger partial charge in [0.1, 0.15) is 21.2 Å². The van der Waals surface area contributed by atoms with Gasteiger partial charge in [-0.25, -0.2) is 4.98 Å². The largest absolute Gasteiger partial charge is 0.497 e. The molecule has 148 valence electrons. The van der Waals surface area contributed by atoms with Crippen molar-refractivity contribution in [1.82, 2.24) is 4.98 Å². The van der Waals surface area contributed by atoms with Crippen molar-refractivity contribution in [2.45, 2.75) is 13.8 Å². The summed E-state index contributed by atoms with van der Waals surface area (Å²) in [5.74, 6) is 0.839. The highest BCUT2D eigenvalue weighted by Crippen LogP contribution is 2.36. The molecular formula is C22H21N3O3S. The van der Waals surface area contributed by atoms with Crippen LogP contribution in [0.5, 0.6) is 11.5 Å². The number of hydrogen-bond donors (Lipinski definition) is 2. The molecule has 4 rings (SSSR count). The molecule has 0 bridgehead atoms. The summed E-state index contributed by atoms with van der Waals surface area (Å²) in [5.41, 5.74) is 10.5. The molecule has 7 heteroatoms. The molecule has 2 heterocycles. The van der Waals surface area contributed by atoms with Crippen LogP contribution < -0.4 is 20.5 Å². The molecule has 29 heavy (non-hydrogen) atoms. The Morgan fingerprint density at radius 1 is 1.07 bits per heavy atom. The molecule has 2 aromatic carbocycles. The lowest BCUT2D eigenvalue weighted by Crippen LogP contribution is -2.12. The Bertz CT molecular complexity index is 1260. The van der Waals surface area contributed by atoms with Crippen LogP contribution in [0.2, 0.25) is 0 Å². The summed E-state index contributed by atoms with van der Waals surface area (Å²) in [5, 5.41) is 4.66. The van der Waals surface area contributed by atoms with Gasteiger partial charge in [-0.2, -0.15) is 0 Å². The smallest absolute Gasteiger partial charge is 0.268 e. The van der Waals surface area contributed by atoms with Crippen molar-refractivity contribution in [3.8, 4) is 11.5 Å². The third-order valence-electron chi connectivity index (χ3n) is 4.99. The van der Waals surface area contributed by atoms with Crippen LogP contribution in [-0.2, 0) is 0 Å². The number of methoxy groups -OCH3 is 2. The number of benzene rings is 2. The van der Waals surface area contributed by atoms with Gasteiger partial charge in [-0.1, -0.05) is 0 Å². The summed E-state index contributed by atoms with van der Waals surface area (Å²) in [4.78, 5) is 18.8. The number of pyridine rings is 1. The second kappa shape index (κ2) is 7.25. The first-order valence-corrected chi connectivity index (χ1v) is 9.86. The average molecular weight is 407 g/mol. The number of hydrogen-bond acceptors (Lipinski definition) is 6. The second-order valence-electron chi connectivity index (χ2n) is 6.84. The maximum atomic E-state index is 13.0. The SMILES string of the molecule is COc1ccc(OC)c(NC(=O)c2sc3nc4cc(C)c(C)cc4cc3c2N)c1. The molecule has 0 spiro atoms. The van der Waals surface area contributed by atoms with Crippen LogP contribution in [0.1, 0.15) is 20.8 Å². The van der Waals surface area contributed by atoms with E-state index in [-0.39, 0.29) is 5.91 Å². The number of nitrogens with two attached hydrogens (primary N) is 1. The first kappa shape index (κ1) is 19.0. The summed E-state index contributed by atoms with van der Waals surface area (Å²) in [6.45, 7) is 4.13. The summed E-state index contributed by atoms with van der Waals surface area (Å²) < 4.78 is 10.6. The van der Waals surface area contributed by atoms with Gasteiger partial charge < -0.3 is 20.5 Å². The molecule has 0 radical (unpaired) electrons. The van der Waals surface area contributed by atoms with Gasteiger partial charge in [0.05, 0.1) is 31.1 Å². The number of thiophene rings is 1. The van der Waals surface area contributed by atoms with Gasteiger partial charge in [0.2, 0.25) is 0 Å². The van der Waals surface area contributed by atoms with Gasteiger partial charge in [0.15, 0.2) is 0 Å². The molecule has 0 aliphatic rings. The monoisotopic (exact) mass is 407 g/mol. The fourth-order valence-electron chi connectivity index (χ4n) is 3.23. The number of rotatable bonds is 4. The number of carbonyl (C=O) groups excluding carboxylic acids is 1. The highest BCUT2D eigenvalue weighted by molar-refractivity contribution is 7.21. The number of ether oxygens (including phenoxy) is 2. The average Bonchev–Trinajstić information content (AvgIpc) is 3.03. The van der Waals surface area contributed by atoms with E-state index in [9.17, 15) is 4.79 Å². The molecule has 0 saturated carbocycles. The van der Waals surface area contributed by atoms with Crippen molar-refractivity contribution >= 4 is 49.7 Å². The fourth-order valence-corrected chi connectivity index (χ4v) is 4.21. The Morgan fingerprint density at radius 2 is 1.83 bits per heavy atom. The number of anilines is 2. The van der Waals surface area contributed by atoms with Crippen LogP contribution in [0, 0.1) is 13.8 Å². The second-order valence-corrected chi connectivity index (χ2v) is 7.83. The fraction of sp³-hybridized carbons (Fsp3) is 0.182. The summed E-state index contributed by atoms with van der Waals surface area (Å²) in [6, 6.07) is 11.4. The van der Waals surface area contributed by atoms with E-state index in [1.54, 1.807) is 32.4 Å². The van der Waals surface area contributed by atoms with Crippen molar-refractivity contribution < 1.29 is 14.3 Å². The molecule has 0 atom stereocenters. The Morgan fingerprint density at radius 3 is 2.55 bits per heavy atom. The first-order valence-electron chi connectivity index (χ1n) is 9.04. The van der Waals surface area contributed by atoms with E-state index < -0.39 is 0 Å². The minimum Gasteiger partial charge on any atom is -0.497 e. The quantitative estimate of drug-likeness (QED) is 0.501. The predicted molar refractivity (Wildman–Crippen MR) is 119 cm³/mol. The van der Waals surface area contributed by atoms with Crippen LogP contribution in [0.25, 0.3) is 21.1 Å². The number of carbonyl (C=O) groups is 1. The van der Waals surface area contributed by atoms with Crippen LogP contribution in [0.4, 0.5) is 11.4 Å². The maximum Gasteiger partial charge on any atom is 0.268 e. The molecule has 0 aliphatic heterocycles. The standard InChI is InChI=1S/C22H21N3O3S/c1-11-7-13-9-15-19(23)20(29-22(15)25-16(13)8-12(11)2)21(26)24-17-10-14(27-3)5-6-18(17)28-4/h5-10H,23H2,1-4H3,(H,24,26). The molecule has 0 saturated heterocycles. The van der Waals surface area contributed by atoms with Crippen molar-refractivity contribution in [1.29, 1.82) is 0 Å². The topological polar surface area (TPSA) is 86.5 Å². The third-order valence-corrected chi connectivity index (χ3v) is 6.10. The molecule has 0 fully saturated rings. The lowest BCUT2D eigenvalue weighted by atomic mass is 10.1. The van der Waals surface area contributed by atoms with E-state index in [1.807, 2.05) is 6.07 Å². The van der Waals surface area contributed by atoms with Gasteiger partial charge in [-0.3, -0.25) is 4.79 Å². The lowest BCUT2D eigenvalue weighted by molar-refractivity contribution is 0.103. The maximum absolute atomic E-state index is 13.0. The Kier molecular flexibility index (Phi) is 4.76. The first-order chi connectivity index (χ1) is 13.9. The zero-order valence-corrected chi connectivity index (χ0v) is 17.4. The number of aromatic nitrogens is 1. The Balaban J connectivity index is 1.76. The normalized spacial score (nSPS) is 11.0. The highest BCUT2D eigenvalue weighted by atomic mass is 32.1. The molecule has 6 nitrogen and oxygen atoms in total. The van der Waals surface area contributed by atoms with E-state index in [0.29, 0.717) is 27.8 Å². The minimum absolute atomic E-state index is 0.312. The van der Waals surface area contributed by atoms with E-state index >= 15 is 0 Å². The van der Waals surface area contributed by atoms with Gasteiger partial charge in [0, 0.05) is 16.8 Å². The Labute approximate surface area is 172 Å². The lowest BCUT2D eigenvalue weighted by Gasteiger charge is -2.11. The van der Waals surface area contributed by atoms with Crippen molar-refractivity contribution in [2.75, 3.05) is 25.3 Å². The number of nitrogens with one attached hydrogen (secondary N) is 1. The number of nitrogens with zero attached hydrogens (tertiary/aromatic N) is 1. The third kappa shape index (κ3) is 3.34.